The Balaban J connectivity index is 2.20. The van der Waals surface area contributed by atoms with Gasteiger partial charge < -0.3 is 5.11 Å². The van der Waals surface area contributed by atoms with Gasteiger partial charge >= 0.3 is 0 Å². The van der Waals surface area contributed by atoms with Crippen LogP contribution in [0.15, 0.2) is 35.4 Å². The second-order valence-electron chi connectivity index (χ2n) is 4.18. The molecular weight excluding hydrogens is 285 g/mol. The fourth-order valence-corrected chi connectivity index (χ4v) is 2.72. The molecule has 0 unspecified atom stereocenters. The van der Waals surface area contributed by atoms with Crippen LogP contribution in [-0.2, 0) is 30.2 Å². The summed E-state index contributed by atoms with van der Waals surface area (Å²) in [7, 11) is -2.07. The summed E-state index contributed by atoms with van der Waals surface area (Å²) in [6, 6.07) is 4.97. The number of hydrogen-bond acceptors (Lipinski definition) is 4. The van der Waals surface area contributed by atoms with Gasteiger partial charge in [-0.25, -0.2) is 17.5 Å². The molecule has 108 valence electrons. The second kappa shape index (κ2) is 5.70. The summed E-state index contributed by atoms with van der Waals surface area (Å²) in [5, 5.41) is 12.9. The molecule has 0 saturated heterocycles. The van der Waals surface area contributed by atoms with Gasteiger partial charge in [-0.1, -0.05) is 0 Å². The minimum atomic E-state index is -3.77. The Labute approximate surface area is 115 Å². The van der Waals surface area contributed by atoms with Gasteiger partial charge in [-0.2, -0.15) is 5.10 Å². The number of hydrogen-bond donors (Lipinski definition) is 2. The first-order valence-electron chi connectivity index (χ1n) is 5.80. The molecule has 0 fully saturated rings. The quantitative estimate of drug-likeness (QED) is 0.843. The summed E-state index contributed by atoms with van der Waals surface area (Å²) in [5.41, 5.74) is 0.631. The number of aryl methyl sites for hydroxylation is 1. The predicted molar refractivity (Wildman–Crippen MR) is 69.6 cm³/mol. The highest BCUT2D eigenvalue weighted by Gasteiger charge is 2.16. The van der Waals surface area contributed by atoms with Gasteiger partial charge in [0.2, 0.25) is 10.0 Å². The molecule has 2 aromatic rings. The lowest BCUT2D eigenvalue weighted by Gasteiger charge is -2.08. The summed E-state index contributed by atoms with van der Waals surface area (Å²) >= 11 is 0. The molecule has 0 amide bonds. The third-order valence-corrected chi connectivity index (χ3v) is 4.26. The predicted octanol–water partition coefficient (Wildman–Crippen LogP) is 0.530. The number of halogens is 1. The molecule has 0 aliphatic heterocycles. The zero-order chi connectivity index (χ0) is 14.8. The maximum Gasteiger partial charge on any atom is 0.240 e. The Hall–Kier alpha value is -1.77. The van der Waals surface area contributed by atoms with E-state index in [9.17, 15) is 12.8 Å². The molecule has 0 bridgehead atoms. The van der Waals surface area contributed by atoms with Gasteiger partial charge in [-0.3, -0.25) is 4.68 Å². The van der Waals surface area contributed by atoms with E-state index in [0.717, 1.165) is 18.2 Å². The minimum absolute atomic E-state index is 0.0617. The molecule has 2 N–H and O–H groups in total. The van der Waals surface area contributed by atoms with Gasteiger partial charge in [0.25, 0.3) is 0 Å². The molecule has 0 spiro atoms. The van der Waals surface area contributed by atoms with Gasteiger partial charge in [-0.05, 0) is 24.3 Å². The van der Waals surface area contributed by atoms with E-state index < -0.39 is 22.4 Å². The number of sulfonamides is 1. The zero-order valence-corrected chi connectivity index (χ0v) is 11.6. The first-order valence-corrected chi connectivity index (χ1v) is 7.28. The van der Waals surface area contributed by atoms with Crippen LogP contribution in [0.4, 0.5) is 4.39 Å². The largest absolute Gasteiger partial charge is 0.392 e. The number of aliphatic hydroxyl groups excluding tert-OH is 1. The van der Waals surface area contributed by atoms with Crippen molar-refractivity contribution in [2.45, 2.75) is 18.0 Å². The molecule has 0 aliphatic rings. The summed E-state index contributed by atoms with van der Waals surface area (Å²) < 4.78 is 41.3. The normalized spacial score (nSPS) is 11.8. The van der Waals surface area contributed by atoms with Crippen molar-refractivity contribution in [1.82, 2.24) is 14.5 Å². The van der Waals surface area contributed by atoms with Crippen molar-refractivity contribution >= 4 is 10.0 Å². The fraction of sp³-hybridized carbons (Fsp3) is 0.250. The Bertz CT molecular complexity index is 712. The summed E-state index contributed by atoms with van der Waals surface area (Å²) in [4.78, 5) is -0.0925. The highest BCUT2D eigenvalue weighted by atomic mass is 32.2. The molecule has 2 rings (SSSR count). The van der Waals surface area contributed by atoms with Crippen LogP contribution in [0.1, 0.15) is 11.3 Å². The summed E-state index contributed by atoms with van der Waals surface area (Å²) in [6.45, 7) is -0.485. The van der Waals surface area contributed by atoms with Crippen LogP contribution in [0.2, 0.25) is 0 Å². The van der Waals surface area contributed by atoms with E-state index in [2.05, 4.69) is 9.82 Å². The fourth-order valence-electron chi connectivity index (χ4n) is 1.67. The van der Waals surface area contributed by atoms with Crippen LogP contribution in [0, 0.1) is 5.82 Å². The molecule has 6 nitrogen and oxygen atoms in total. The highest BCUT2D eigenvalue weighted by Crippen LogP contribution is 2.15. The number of benzene rings is 1. The van der Waals surface area contributed by atoms with Crippen LogP contribution < -0.4 is 4.72 Å². The van der Waals surface area contributed by atoms with Gasteiger partial charge in [0.05, 0.1) is 23.7 Å². The summed E-state index contributed by atoms with van der Waals surface area (Å²) in [6.07, 6.45) is 1.56. The molecule has 0 atom stereocenters. The third kappa shape index (κ3) is 3.03. The average molecular weight is 299 g/mol. The van der Waals surface area contributed by atoms with Crippen molar-refractivity contribution in [1.29, 1.82) is 0 Å². The topological polar surface area (TPSA) is 84.2 Å². The van der Waals surface area contributed by atoms with E-state index in [-0.39, 0.29) is 17.0 Å². The maximum atomic E-state index is 13.2. The van der Waals surface area contributed by atoms with Crippen molar-refractivity contribution in [3.8, 4) is 0 Å². The molecule has 0 saturated carbocycles. The van der Waals surface area contributed by atoms with Gasteiger partial charge in [0, 0.05) is 18.8 Å². The van der Waals surface area contributed by atoms with Crippen LogP contribution >= 0.6 is 0 Å². The molecule has 0 aliphatic carbocycles. The number of nitrogens with zero attached hydrogens (tertiary/aromatic N) is 2. The van der Waals surface area contributed by atoms with E-state index >= 15 is 0 Å². The van der Waals surface area contributed by atoms with Crippen molar-refractivity contribution in [2.24, 2.45) is 7.05 Å². The van der Waals surface area contributed by atoms with E-state index in [1.54, 1.807) is 24.0 Å². The number of rotatable bonds is 5. The van der Waals surface area contributed by atoms with E-state index in [1.807, 2.05) is 0 Å². The van der Waals surface area contributed by atoms with Crippen LogP contribution in [0.5, 0.6) is 0 Å². The van der Waals surface area contributed by atoms with Crippen LogP contribution in [-0.4, -0.2) is 23.3 Å². The van der Waals surface area contributed by atoms with Crippen molar-refractivity contribution < 1.29 is 17.9 Å². The molecule has 1 heterocycles. The monoisotopic (exact) mass is 299 g/mol. The molecule has 0 radical (unpaired) electrons. The average Bonchev–Trinajstić information content (AvgIpc) is 2.82. The van der Waals surface area contributed by atoms with Crippen molar-refractivity contribution in [3.63, 3.8) is 0 Å². The van der Waals surface area contributed by atoms with E-state index in [0.29, 0.717) is 5.69 Å². The first-order chi connectivity index (χ1) is 9.44. The van der Waals surface area contributed by atoms with Crippen LogP contribution in [0.3, 0.4) is 0 Å². The van der Waals surface area contributed by atoms with E-state index in [1.165, 1.54) is 0 Å². The molecule has 20 heavy (non-hydrogen) atoms. The van der Waals surface area contributed by atoms with Gasteiger partial charge in [0.1, 0.15) is 5.82 Å². The van der Waals surface area contributed by atoms with Gasteiger partial charge in [-0.15, -0.1) is 0 Å². The molecule has 1 aromatic carbocycles. The van der Waals surface area contributed by atoms with Gasteiger partial charge in [0.15, 0.2) is 0 Å². The first kappa shape index (κ1) is 14.6. The standard InChI is InChI=1S/C12H14FN3O3S/c1-16-10(4-5-14-16)7-15-20(18,19)11-2-3-12(13)9(6-11)8-17/h2-6,15,17H,7-8H2,1H3. The zero-order valence-electron chi connectivity index (χ0n) is 10.7. The van der Waals surface area contributed by atoms with Crippen molar-refractivity contribution in [2.75, 3.05) is 0 Å². The smallest absolute Gasteiger partial charge is 0.240 e. The lowest BCUT2D eigenvalue weighted by Crippen LogP contribution is -2.24. The third-order valence-electron chi connectivity index (χ3n) is 2.86. The van der Waals surface area contributed by atoms with Crippen molar-refractivity contribution in [3.05, 3.63) is 47.5 Å². The summed E-state index contributed by atoms with van der Waals surface area (Å²) in [5.74, 6) is -0.641. The Morgan fingerprint density at radius 2 is 2.15 bits per heavy atom. The SMILES string of the molecule is Cn1nccc1CNS(=O)(=O)c1ccc(F)c(CO)c1. The second-order valence-corrected chi connectivity index (χ2v) is 5.95. The molecule has 1 aromatic heterocycles. The molecular formula is C12H14FN3O3S. The Morgan fingerprint density at radius 1 is 1.40 bits per heavy atom. The highest BCUT2D eigenvalue weighted by molar-refractivity contribution is 7.89. The Kier molecular flexibility index (Phi) is 4.17. The number of aliphatic hydroxyl groups is 1. The minimum Gasteiger partial charge on any atom is -0.392 e. The number of aromatic nitrogens is 2. The van der Waals surface area contributed by atoms with E-state index in [4.69, 9.17) is 5.11 Å². The lowest BCUT2D eigenvalue weighted by molar-refractivity contribution is 0.275. The van der Waals surface area contributed by atoms with Crippen LogP contribution in [0.25, 0.3) is 0 Å². The Morgan fingerprint density at radius 3 is 2.75 bits per heavy atom. The maximum absolute atomic E-state index is 13.2. The lowest BCUT2D eigenvalue weighted by atomic mass is 10.2. The number of nitrogens with one attached hydrogen (secondary N) is 1. The molecule has 8 heteroatoms.